The second kappa shape index (κ2) is 6.55. The molecule has 1 aliphatic carbocycles. The zero-order chi connectivity index (χ0) is 13.8. The van der Waals surface area contributed by atoms with Crippen LogP contribution < -0.4 is 5.32 Å². The molecule has 2 rings (SSSR count). The van der Waals surface area contributed by atoms with Crippen molar-refractivity contribution in [3.8, 4) is 0 Å². The molecule has 1 saturated heterocycles. The predicted molar refractivity (Wildman–Crippen MR) is 78.3 cm³/mol. The summed E-state index contributed by atoms with van der Waals surface area (Å²) < 4.78 is 6.11. The minimum atomic E-state index is -0.563. The van der Waals surface area contributed by atoms with Crippen LogP contribution in [-0.4, -0.2) is 35.5 Å². The highest BCUT2D eigenvalue weighted by Gasteiger charge is 2.38. The van der Waals surface area contributed by atoms with Crippen molar-refractivity contribution in [2.75, 3.05) is 13.2 Å². The molecular weight excluding hydrogens is 238 g/mol. The van der Waals surface area contributed by atoms with E-state index in [0.717, 1.165) is 32.3 Å². The summed E-state index contributed by atoms with van der Waals surface area (Å²) >= 11 is 0. The maximum absolute atomic E-state index is 10.3. The van der Waals surface area contributed by atoms with Crippen LogP contribution in [0, 0.1) is 0 Å². The van der Waals surface area contributed by atoms with Crippen LogP contribution in [0.2, 0.25) is 0 Å². The summed E-state index contributed by atoms with van der Waals surface area (Å²) in [6.45, 7) is 5.66. The van der Waals surface area contributed by atoms with Crippen molar-refractivity contribution in [2.24, 2.45) is 0 Å². The van der Waals surface area contributed by atoms with Crippen molar-refractivity contribution in [3.05, 3.63) is 0 Å². The lowest BCUT2D eigenvalue weighted by molar-refractivity contribution is -0.110. The van der Waals surface area contributed by atoms with Gasteiger partial charge < -0.3 is 15.2 Å². The van der Waals surface area contributed by atoms with Crippen LogP contribution >= 0.6 is 0 Å². The number of nitrogens with one attached hydrogen (secondary N) is 1. The summed E-state index contributed by atoms with van der Waals surface area (Å²) in [6, 6.07) is 0.523. The van der Waals surface area contributed by atoms with Crippen molar-refractivity contribution in [1.82, 2.24) is 5.32 Å². The van der Waals surface area contributed by atoms with Gasteiger partial charge in [0.2, 0.25) is 0 Å². The Balaban J connectivity index is 1.81. The molecule has 0 radical (unpaired) electrons. The van der Waals surface area contributed by atoms with Gasteiger partial charge in [-0.1, -0.05) is 32.6 Å². The molecule has 0 amide bonds. The van der Waals surface area contributed by atoms with Gasteiger partial charge in [0.25, 0.3) is 0 Å². The van der Waals surface area contributed by atoms with E-state index < -0.39 is 5.60 Å². The van der Waals surface area contributed by atoms with Crippen LogP contribution in [0.4, 0.5) is 0 Å². The fraction of sp³-hybridized carbons (Fsp3) is 1.00. The van der Waals surface area contributed by atoms with E-state index in [2.05, 4.69) is 12.2 Å². The molecule has 0 aromatic heterocycles. The second-order valence-corrected chi connectivity index (χ2v) is 6.91. The lowest BCUT2D eigenvalue weighted by Crippen LogP contribution is -2.51. The summed E-state index contributed by atoms with van der Waals surface area (Å²) in [5.41, 5.74) is -0.405. The fourth-order valence-electron chi connectivity index (χ4n) is 3.74. The molecule has 0 bridgehead atoms. The molecule has 19 heavy (non-hydrogen) atoms. The standard InChI is InChI=1S/C16H31NO2/c1-3-8-15(2,18)13-17-14-7-11-19-16(12-14)9-5-4-6-10-16/h14,17-18H,3-13H2,1-2H3. The van der Waals surface area contributed by atoms with E-state index in [4.69, 9.17) is 4.74 Å². The molecule has 2 N–H and O–H groups in total. The van der Waals surface area contributed by atoms with Gasteiger partial charge in [-0.15, -0.1) is 0 Å². The van der Waals surface area contributed by atoms with Crippen molar-refractivity contribution in [1.29, 1.82) is 0 Å². The smallest absolute Gasteiger partial charge is 0.0743 e. The maximum atomic E-state index is 10.3. The average molecular weight is 269 g/mol. The molecule has 0 aromatic rings. The van der Waals surface area contributed by atoms with Gasteiger partial charge in [0.05, 0.1) is 11.2 Å². The zero-order valence-electron chi connectivity index (χ0n) is 12.7. The Kier molecular flexibility index (Phi) is 5.27. The molecule has 1 saturated carbocycles. The first-order valence-corrected chi connectivity index (χ1v) is 8.15. The summed E-state index contributed by atoms with van der Waals surface area (Å²) in [5, 5.41) is 13.8. The maximum Gasteiger partial charge on any atom is 0.0743 e. The molecule has 0 aromatic carbocycles. The van der Waals surface area contributed by atoms with Gasteiger partial charge in [-0.25, -0.2) is 0 Å². The van der Waals surface area contributed by atoms with Crippen LogP contribution in [0.25, 0.3) is 0 Å². The van der Waals surface area contributed by atoms with E-state index in [1.54, 1.807) is 0 Å². The Hall–Kier alpha value is -0.120. The molecule has 2 fully saturated rings. The summed E-state index contributed by atoms with van der Waals surface area (Å²) in [6.07, 6.45) is 10.6. The van der Waals surface area contributed by atoms with Crippen molar-refractivity contribution >= 4 is 0 Å². The van der Waals surface area contributed by atoms with Gasteiger partial charge in [-0.2, -0.15) is 0 Å². The second-order valence-electron chi connectivity index (χ2n) is 6.91. The van der Waals surface area contributed by atoms with Gasteiger partial charge in [-0.3, -0.25) is 0 Å². The van der Waals surface area contributed by atoms with Gasteiger partial charge in [0.15, 0.2) is 0 Å². The largest absolute Gasteiger partial charge is 0.389 e. The van der Waals surface area contributed by atoms with E-state index in [9.17, 15) is 5.11 Å². The van der Waals surface area contributed by atoms with Gasteiger partial charge in [-0.05, 0) is 39.0 Å². The molecule has 1 heterocycles. The molecule has 2 atom stereocenters. The fourth-order valence-corrected chi connectivity index (χ4v) is 3.74. The normalized spacial score (nSPS) is 30.2. The molecular formula is C16H31NO2. The highest BCUT2D eigenvalue weighted by Crippen LogP contribution is 2.38. The lowest BCUT2D eigenvalue weighted by atomic mass is 9.78. The van der Waals surface area contributed by atoms with Crippen LogP contribution in [0.15, 0.2) is 0 Å². The van der Waals surface area contributed by atoms with Gasteiger partial charge >= 0.3 is 0 Å². The van der Waals surface area contributed by atoms with Gasteiger partial charge in [0, 0.05) is 19.2 Å². The summed E-state index contributed by atoms with van der Waals surface area (Å²) in [4.78, 5) is 0. The van der Waals surface area contributed by atoms with Crippen LogP contribution in [0.5, 0.6) is 0 Å². The summed E-state index contributed by atoms with van der Waals surface area (Å²) in [7, 11) is 0. The molecule has 2 unspecified atom stereocenters. The Bertz CT molecular complexity index is 266. The monoisotopic (exact) mass is 269 g/mol. The highest BCUT2D eigenvalue weighted by molar-refractivity contribution is 4.92. The molecule has 1 spiro atoms. The minimum Gasteiger partial charge on any atom is -0.389 e. The van der Waals surface area contributed by atoms with E-state index in [0.29, 0.717) is 12.6 Å². The van der Waals surface area contributed by atoms with Crippen LogP contribution in [0.1, 0.15) is 71.6 Å². The van der Waals surface area contributed by atoms with E-state index >= 15 is 0 Å². The Morgan fingerprint density at radius 2 is 2.05 bits per heavy atom. The molecule has 2 aliphatic rings. The number of rotatable bonds is 5. The highest BCUT2D eigenvalue weighted by atomic mass is 16.5. The Morgan fingerprint density at radius 1 is 1.32 bits per heavy atom. The number of aliphatic hydroxyl groups is 1. The third-order valence-corrected chi connectivity index (χ3v) is 4.82. The molecule has 3 heteroatoms. The first-order chi connectivity index (χ1) is 9.05. The first-order valence-electron chi connectivity index (χ1n) is 8.15. The predicted octanol–water partition coefficient (Wildman–Crippen LogP) is 3.01. The number of hydrogen-bond donors (Lipinski definition) is 2. The molecule has 1 aliphatic heterocycles. The summed E-state index contributed by atoms with van der Waals surface area (Å²) in [5.74, 6) is 0. The number of hydrogen-bond acceptors (Lipinski definition) is 3. The average Bonchev–Trinajstić information content (AvgIpc) is 2.38. The minimum absolute atomic E-state index is 0.158. The quantitative estimate of drug-likeness (QED) is 0.806. The topological polar surface area (TPSA) is 41.5 Å². The third-order valence-electron chi connectivity index (χ3n) is 4.82. The zero-order valence-corrected chi connectivity index (χ0v) is 12.7. The Labute approximate surface area is 118 Å². The van der Waals surface area contributed by atoms with E-state index in [1.807, 2.05) is 6.92 Å². The first kappa shape index (κ1) is 15.3. The van der Waals surface area contributed by atoms with Crippen molar-refractivity contribution < 1.29 is 9.84 Å². The van der Waals surface area contributed by atoms with Crippen LogP contribution in [-0.2, 0) is 4.74 Å². The van der Waals surface area contributed by atoms with E-state index in [1.165, 1.54) is 32.1 Å². The lowest BCUT2D eigenvalue weighted by Gasteiger charge is -2.44. The van der Waals surface area contributed by atoms with Crippen molar-refractivity contribution in [2.45, 2.75) is 88.9 Å². The van der Waals surface area contributed by atoms with Gasteiger partial charge in [0.1, 0.15) is 0 Å². The number of ether oxygens (including phenoxy) is 1. The SMILES string of the molecule is CCCC(C)(O)CNC1CCOC2(CCCCC2)C1. The van der Waals surface area contributed by atoms with Crippen molar-refractivity contribution in [3.63, 3.8) is 0 Å². The van der Waals surface area contributed by atoms with E-state index in [-0.39, 0.29) is 5.60 Å². The Morgan fingerprint density at radius 3 is 2.74 bits per heavy atom. The molecule has 3 nitrogen and oxygen atoms in total. The third kappa shape index (κ3) is 4.44. The molecule has 112 valence electrons. The van der Waals surface area contributed by atoms with Crippen LogP contribution in [0.3, 0.4) is 0 Å².